The molecule has 0 saturated carbocycles. The van der Waals surface area contributed by atoms with E-state index in [1.165, 1.54) is 12.1 Å². The molecule has 2 N–H and O–H groups in total. The zero-order valence-corrected chi connectivity index (χ0v) is 12.9. The first kappa shape index (κ1) is 14.8. The third kappa shape index (κ3) is 3.27. The fourth-order valence-corrected chi connectivity index (χ4v) is 3.00. The van der Waals surface area contributed by atoms with Gasteiger partial charge in [0.2, 0.25) is 0 Å². The molecule has 0 unspecified atom stereocenters. The summed E-state index contributed by atoms with van der Waals surface area (Å²) in [6.45, 7) is 0. The van der Waals surface area contributed by atoms with Gasteiger partial charge in [0, 0.05) is 17.7 Å². The predicted molar refractivity (Wildman–Crippen MR) is 77.3 cm³/mol. The normalized spacial score (nSPS) is 11.3. The van der Waals surface area contributed by atoms with Gasteiger partial charge in [0.05, 0.1) is 4.90 Å². The lowest BCUT2D eigenvalue weighted by Gasteiger charge is -2.09. The van der Waals surface area contributed by atoms with Crippen LogP contribution in [0.2, 0.25) is 0 Å². The highest BCUT2D eigenvalue weighted by atomic mass is 79.9. The summed E-state index contributed by atoms with van der Waals surface area (Å²) in [5.74, 6) is -0.531. The number of hydrazine groups is 1. The molecule has 106 valence electrons. The number of hydrogen-bond acceptors (Lipinski definition) is 3. The fourth-order valence-electron chi connectivity index (χ4n) is 1.57. The maximum Gasteiger partial charge on any atom is 0.282 e. The number of carbonyl (C=O) groups is 1. The first-order chi connectivity index (χ1) is 9.40. The van der Waals surface area contributed by atoms with Crippen LogP contribution in [0.15, 0.2) is 52.0 Å². The highest BCUT2D eigenvalue weighted by molar-refractivity contribution is 9.10. The second kappa shape index (κ2) is 5.78. The SMILES string of the molecule is Cn1cccc1C(=O)NNS(=O)(=O)c1cccc(Br)c1. The third-order valence-electron chi connectivity index (χ3n) is 2.58. The van der Waals surface area contributed by atoms with E-state index in [0.29, 0.717) is 10.2 Å². The molecule has 1 amide bonds. The number of aryl methyl sites for hydroxylation is 1. The summed E-state index contributed by atoms with van der Waals surface area (Å²) in [5.41, 5.74) is 2.52. The lowest BCUT2D eigenvalue weighted by Crippen LogP contribution is -2.42. The number of nitrogens with one attached hydrogen (secondary N) is 2. The average Bonchev–Trinajstić information content (AvgIpc) is 2.82. The molecule has 0 saturated heterocycles. The smallest absolute Gasteiger partial charge is 0.282 e. The van der Waals surface area contributed by atoms with Crippen molar-refractivity contribution in [2.24, 2.45) is 7.05 Å². The van der Waals surface area contributed by atoms with E-state index in [4.69, 9.17) is 0 Å². The lowest BCUT2D eigenvalue weighted by atomic mass is 10.4. The Morgan fingerprint density at radius 3 is 2.60 bits per heavy atom. The van der Waals surface area contributed by atoms with Crippen LogP contribution in [0.5, 0.6) is 0 Å². The van der Waals surface area contributed by atoms with Crippen molar-refractivity contribution in [2.75, 3.05) is 0 Å². The largest absolute Gasteiger partial charge is 0.347 e. The van der Waals surface area contributed by atoms with E-state index in [1.54, 1.807) is 42.1 Å². The second-order valence-corrected chi connectivity index (χ2v) is 6.62. The zero-order chi connectivity index (χ0) is 14.8. The molecule has 1 heterocycles. The van der Waals surface area contributed by atoms with E-state index in [9.17, 15) is 13.2 Å². The second-order valence-electron chi connectivity index (χ2n) is 4.02. The number of rotatable bonds is 4. The number of aromatic nitrogens is 1. The lowest BCUT2D eigenvalue weighted by molar-refractivity contribution is 0.0937. The molecule has 1 aromatic heterocycles. The van der Waals surface area contributed by atoms with Crippen molar-refractivity contribution in [2.45, 2.75) is 4.90 Å². The minimum atomic E-state index is -3.80. The van der Waals surface area contributed by atoms with E-state index in [0.717, 1.165) is 0 Å². The van der Waals surface area contributed by atoms with E-state index < -0.39 is 15.9 Å². The number of hydrogen-bond donors (Lipinski definition) is 2. The summed E-state index contributed by atoms with van der Waals surface area (Å²) in [5, 5.41) is 0. The zero-order valence-electron chi connectivity index (χ0n) is 10.5. The Kier molecular flexibility index (Phi) is 4.26. The van der Waals surface area contributed by atoms with Crippen molar-refractivity contribution in [3.05, 3.63) is 52.8 Å². The molecular formula is C12H12BrN3O3S. The van der Waals surface area contributed by atoms with Gasteiger partial charge in [-0.25, -0.2) is 8.42 Å². The minimum absolute atomic E-state index is 0.0547. The molecule has 6 nitrogen and oxygen atoms in total. The van der Waals surface area contributed by atoms with Gasteiger partial charge in [-0.2, -0.15) is 0 Å². The Morgan fingerprint density at radius 2 is 2.00 bits per heavy atom. The summed E-state index contributed by atoms with van der Waals surface area (Å²) in [4.78, 5) is 13.9. The quantitative estimate of drug-likeness (QED) is 0.811. The number of carbonyl (C=O) groups excluding carboxylic acids is 1. The van der Waals surface area contributed by atoms with Crippen molar-refractivity contribution in [1.29, 1.82) is 0 Å². The van der Waals surface area contributed by atoms with E-state index in [-0.39, 0.29) is 4.90 Å². The van der Waals surface area contributed by atoms with Gasteiger partial charge in [-0.1, -0.05) is 22.0 Å². The molecule has 1 aromatic carbocycles. The predicted octanol–water partition coefficient (Wildman–Crippen LogP) is 1.41. The third-order valence-corrected chi connectivity index (χ3v) is 4.32. The maximum absolute atomic E-state index is 12.0. The van der Waals surface area contributed by atoms with Crippen LogP contribution in [0.1, 0.15) is 10.5 Å². The van der Waals surface area contributed by atoms with Crippen LogP contribution >= 0.6 is 15.9 Å². The molecular weight excluding hydrogens is 346 g/mol. The van der Waals surface area contributed by atoms with Crippen LogP contribution in [0, 0.1) is 0 Å². The number of halogens is 1. The number of amides is 1. The van der Waals surface area contributed by atoms with Gasteiger partial charge in [-0.3, -0.25) is 10.2 Å². The number of nitrogens with zero attached hydrogens (tertiary/aromatic N) is 1. The first-order valence-corrected chi connectivity index (χ1v) is 7.87. The van der Waals surface area contributed by atoms with Crippen LogP contribution in [0.25, 0.3) is 0 Å². The molecule has 2 aromatic rings. The summed E-state index contributed by atoms with van der Waals surface area (Å²) >= 11 is 3.19. The van der Waals surface area contributed by atoms with Gasteiger partial charge in [0.15, 0.2) is 0 Å². The highest BCUT2D eigenvalue weighted by Gasteiger charge is 2.16. The standard InChI is InChI=1S/C12H12BrN3O3S/c1-16-7-3-6-11(16)12(17)14-15-20(18,19)10-5-2-4-9(13)8-10/h2-8,15H,1H3,(H,14,17). The number of benzene rings is 1. The Bertz CT molecular complexity index is 740. The molecule has 0 bridgehead atoms. The molecule has 0 aliphatic heterocycles. The monoisotopic (exact) mass is 357 g/mol. The molecule has 0 radical (unpaired) electrons. The molecule has 0 fully saturated rings. The Labute approximate surface area is 124 Å². The van der Waals surface area contributed by atoms with Crippen LogP contribution in [-0.4, -0.2) is 18.9 Å². The van der Waals surface area contributed by atoms with Crippen LogP contribution in [-0.2, 0) is 17.1 Å². The maximum atomic E-state index is 12.0. The first-order valence-electron chi connectivity index (χ1n) is 5.59. The van der Waals surface area contributed by atoms with E-state index in [1.807, 2.05) is 0 Å². The van der Waals surface area contributed by atoms with Crippen molar-refractivity contribution in [3.8, 4) is 0 Å². The molecule has 0 atom stereocenters. The van der Waals surface area contributed by atoms with Crippen molar-refractivity contribution in [3.63, 3.8) is 0 Å². The highest BCUT2D eigenvalue weighted by Crippen LogP contribution is 2.15. The summed E-state index contributed by atoms with van der Waals surface area (Å²) in [6, 6.07) is 9.46. The molecule has 0 aliphatic carbocycles. The molecule has 2 rings (SSSR count). The Hall–Kier alpha value is -1.64. The fraction of sp³-hybridized carbons (Fsp3) is 0.0833. The Balaban J connectivity index is 2.11. The number of sulfonamides is 1. The minimum Gasteiger partial charge on any atom is -0.347 e. The van der Waals surface area contributed by atoms with Gasteiger partial charge in [-0.15, -0.1) is 4.83 Å². The Morgan fingerprint density at radius 1 is 1.25 bits per heavy atom. The van der Waals surface area contributed by atoms with Gasteiger partial charge < -0.3 is 4.57 Å². The van der Waals surface area contributed by atoms with Crippen LogP contribution in [0.3, 0.4) is 0 Å². The van der Waals surface area contributed by atoms with Gasteiger partial charge >= 0.3 is 0 Å². The molecule has 8 heteroatoms. The average molecular weight is 358 g/mol. The van der Waals surface area contributed by atoms with Crippen LogP contribution < -0.4 is 10.3 Å². The topological polar surface area (TPSA) is 80.2 Å². The van der Waals surface area contributed by atoms with Crippen molar-refractivity contribution >= 4 is 31.9 Å². The van der Waals surface area contributed by atoms with E-state index in [2.05, 4.69) is 26.2 Å². The molecule has 0 spiro atoms. The summed E-state index contributed by atoms with van der Waals surface area (Å²) in [7, 11) is -2.11. The van der Waals surface area contributed by atoms with Crippen LogP contribution in [0.4, 0.5) is 0 Å². The van der Waals surface area contributed by atoms with Gasteiger partial charge in [-0.05, 0) is 30.3 Å². The van der Waals surface area contributed by atoms with Gasteiger partial charge in [0.1, 0.15) is 5.69 Å². The molecule has 0 aliphatic rings. The van der Waals surface area contributed by atoms with Crippen molar-refractivity contribution in [1.82, 2.24) is 14.8 Å². The van der Waals surface area contributed by atoms with Crippen molar-refractivity contribution < 1.29 is 13.2 Å². The van der Waals surface area contributed by atoms with E-state index >= 15 is 0 Å². The summed E-state index contributed by atoms with van der Waals surface area (Å²) in [6.07, 6.45) is 1.69. The van der Waals surface area contributed by atoms with Gasteiger partial charge in [0.25, 0.3) is 15.9 Å². The molecule has 20 heavy (non-hydrogen) atoms. The summed E-state index contributed by atoms with van der Waals surface area (Å²) < 4.78 is 26.2.